The van der Waals surface area contributed by atoms with Crippen LogP contribution in [-0.4, -0.2) is 64.1 Å². The van der Waals surface area contributed by atoms with Crippen LogP contribution in [0.15, 0.2) is 85.7 Å². The summed E-state index contributed by atoms with van der Waals surface area (Å²) in [5, 5.41) is 27.6. The van der Waals surface area contributed by atoms with Gasteiger partial charge >= 0.3 is 5.97 Å². The van der Waals surface area contributed by atoms with Crippen molar-refractivity contribution in [3.05, 3.63) is 107 Å². The molecule has 2 aromatic carbocycles. The van der Waals surface area contributed by atoms with Crippen molar-refractivity contribution < 1.29 is 14.6 Å². The molecule has 2 aliphatic rings. The van der Waals surface area contributed by atoms with Crippen molar-refractivity contribution in [1.29, 1.82) is 0 Å². The fraction of sp³-hybridized carbons (Fsp3) is 0.372. The minimum atomic E-state index is -0.622. The molecule has 3 N–H and O–H groups in total. The van der Waals surface area contributed by atoms with Crippen molar-refractivity contribution in [3.63, 3.8) is 0 Å². The first kappa shape index (κ1) is 39.3. The van der Waals surface area contributed by atoms with Gasteiger partial charge in [0.25, 0.3) is 0 Å². The molecule has 56 heavy (non-hydrogen) atoms. The normalized spacial score (nSPS) is 19.8. The second-order valence-electron chi connectivity index (χ2n) is 15.2. The minimum absolute atomic E-state index is 0.0117. The van der Waals surface area contributed by atoms with Gasteiger partial charge in [0, 0.05) is 67.9 Å². The highest BCUT2D eigenvalue weighted by Crippen LogP contribution is 2.45. The topological polar surface area (TPSA) is 155 Å². The van der Waals surface area contributed by atoms with Crippen LogP contribution in [-0.2, 0) is 9.53 Å². The van der Waals surface area contributed by atoms with Gasteiger partial charge in [-0.15, -0.1) is 0 Å². The number of carbonyl (C=O) groups excluding carboxylic acids is 1. The highest BCUT2D eigenvalue weighted by Gasteiger charge is 2.35. The maximum atomic E-state index is 11.8. The van der Waals surface area contributed by atoms with E-state index in [2.05, 4.69) is 40.3 Å². The van der Waals surface area contributed by atoms with Gasteiger partial charge in [0.2, 0.25) is 0 Å². The van der Waals surface area contributed by atoms with E-state index in [1.807, 2.05) is 74.5 Å². The molecule has 0 saturated heterocycles. The number of aromatic nitrogens is 8. The first-order valence-corrected chi connectivity index (χ1v) is 19.9. The van der Waals surface area contributed by atoms with Crippen LogP contribution < -0.4 is 0 Å². The average Bonchev–Trinajstić information content (AvgIpc) is 3.88. The van der Waals surface area contributed by atoms with E-state index < -0.39 is 5.60 Å². The van der Waals surface area contributed by atoms with E-state index in [4.69, 9.17) is 27.9 Å². The van der Waals surface area contributed by atoms with E-state index in [0.29, 0.717) is 27.8 Å². The standard InChI is InChI=1S/C22H25ClN4O.C21H21ClN4O2/c1-22(2,28)16-7-3-14(4-8-16)20-19(18-11-12-24-13-25-18)21(27-26-20)15-5-9-17(23)10-6-15;1-28-21(27)15-4-2-13(3-5-15)19-18(17-10-11-23-12-24-17)20(26-25-19)14-6-8-16(22)9-7-14/h5-6,9-14,16,28H,3-4,7-8H2,1-2H3,(H,26,27);6-13,15H,2-5H2,1H3,(H,25,26). The predicted molar refractivity (Wildman–Crippen MR) is 218 cm³/mol. The number of nitrogens with one attached hydrogen (secondary N) is 2. The van der Waals surface area contributed by atoms with Gasteiger partial charge in [0.1, 0.15) is 24.0 Å². The van der Waals surface area contributed by atoms with Crippen LogP contribution in [0.2, 0.25) is 10.0 Å². The SMILES string of the molecule is CC(C)(O)C1CCC(c2[nH]nc(-c3ccc(Cl)cc3)c2-c2ccncn2)CC1.COC(=O)C1CCC(c2[nH]nc(-c3ccc(Cl)cc3)c2-c2ccncn2)CC1. The number of benzene rings is 2. The predicted octanol–water partition coefficient (Wildman–Crippen LogP) is 9.87. The second kappa shape index (κ2) is 17.4. The molecule has 0 spiro atoms. The first-order valence-electron chi connectivity index (χ1n) is 19.1. The third kappa shape index (κ3) is 8.85. The van der Waals surface area contributed by atoms with Crippen LogP contribution in [0.25, 0.3) is 45.0 Å². The number of carbonyl (C=O) groups is 1. The van der Waals surface area contributed by atoms with E-state index >= 15 is 0 Å². The molecule has 4 heterocycles. The lowest BCUT2D eigenvalue weighted by Crippen LogP contribution is -2.33. The maximum absolute atomic E-state index is 11.8. The third-order valence-electron chi connectivity index (χ3n) is 11.3. The Kier molecular flexibility index (Phi) is 12.2. The number of H-pyrrole nitrogens is 2. The molecule has 2 saturated carbocycles. The summed E-state index contributed by atoms with van der Waals surface area (Å²) in [5.74, 6) is 0.879. The van der Waals surface area contributed by atoms with Crippen molar-refractivity contribution in [2.45, 2.75) is 82.7 Å². The van der Waals surface area contributed by atoms with E-state index in [0.717, 1.165) is 108 Å². The lowest BCUT2D eigenvalue weighted by atomic mass is 9.73. The highest BCUT2D eigenvalue weighted by atomic mass is 35.5. The number of aromatic amines is 2. The lowest BCUT2D eigenvalue weighted by Gasteiger charge is -2.35. The van der Waals surface area contributed by atoms with Gasteiger partial charge in [-0.1, -0.05) is 47.5 Å². The van der Waals surface area contributed by atoms with Crippen LogP contribution in [0, 0.1) is 11.8 Å². The Morgan fingerprint density at radius 2 is 1.11 bits per heavy atom. The molecular formula is C43H46Cl2N8O3. The molecule has 0 amide bonds. The van der Waals surface area contributed by atoms with Gasteiger partial charge in [-0.3, -0.25) is 15.0 Å². The Morgan fingerprint density at radius 1 is 0.679 bits per heavy atom. The number of aliphatic hydroxyl groups is 1. The van der Waals surface area contributed by atoms with Crippen molar-refractivity contribution in [2.75, 3.05) is 7.11 Å². The summed E-state index contributed by atoms with van der Waals surface area (Å²) in [5.41, 5.74) is 9.01. The molecule has 8 rings (SSSR count). The number of ether oxygens (including phenoxy) is 1. The number of halogens is 2. The molecule has 6 aromatic rings. The molecular weight excluding hydrogens is 747 g/mol. The van der Waals surface area contributed by atoms with E-state index in [9.17, 15) is 9.90 Å². The zero-order valence-corrected chi connectivity index (χ0v) is 33.3. The Balaban J connectivity index is 0.000000172. The number of nitrogens with zero attached hydrogens (tertiary/aromatic N) is 6. The maximum Gasteiger partial charge on any atom is 0.308 e. The summed E-state index contributed by atoms with van der Waals surface area (Å²) in [7, 11) is 1.45. The largest absolute Gasteiger partial charge is 0.469 e. The summed E-state index contributed by atoms with van der Waals surface area (Å²) in [4.78, 5) is 28.9. The van der Waals surface area contributed by atoms with Crippen LogP contribution in [0.4, 0.5) is 0 Å². The van der Waals surface area contributed by atoms with Crippen LogP contribution in [0.3, 0.4) is 0 Å². The molecule has 2 fully saturated rings. The van der Waals surface area contributed by atoms with E-state index in [1.165, 1.54) is 7.11 Å². The molecule has 290 valence electrons. The fourth-order valence-corrected chi connectivity index (χ4v) is 8.46. The summed E-state index contributed by atoms with van der Waals surface area (Å²) in [6.45, 7) is 3.83. The molecule has 0 bridgehead atoms. The molecule has 0 aliphatic heterocycles. The van der Waals surface area contributed by atoms with Crippen molar-refractivity contribution in [3.8, 4) is 45.0 Å². The van der Waals surface area contributed by atoms with Gasteiger partial charge in [-0.25, -0.2) is 19.9 Å². The van der Waals surface area contributed by atoms with E-state index in [-0.39, 0.29) is 11.9 Å². The number of methoxy groups -OCH3 is 1. The monoisotopic (exact) mass is 792 g/mol. The summed E-state index contributed by atoms with van der Waals surface area (Å²) in [6, 6.07) is 19.2. The number of rotatable bonds is 8. The number of hydrogen-bond donors (Lipinski definition) is 3. The molecule has 2 aliphatic carbocycles. The Morgan fingerprint density at radius 3 is 1.48 bits per heavy atom. The Hall–Kier alpha value is -4.97. The van der Waals surface area contributed by atoms with Crippen LogP contribution in [0.1, 0.15) is 88.4 Å². The fourth-order valence-electron chi connectivity index (χ4n) is 8.20. The van der Waals surface area contributed by atoms with Crippen molar-refractivity contribution in [1.82, 2.24) is 40.3 Å². The van der Waals surface area contributed by atoms with Gasteiger partial charge < -0.3 is 9.84 Å². The van der Waals surface area contributed by atoms with Crippen LogP contribution >= 0.6 is 23.2 Å². The minimum Gasteiger partial charge on any atom is -0.469 e. The van der Waals surface area contributed by atoms with E-state index in [1.54, 1.807) is 25.0 Å². The number of esters is 1. The summed E-state index contributed by atoms with van der Waals surface area (Å²) >= 11 is 12.1. The van der Waals surface area contributed by atoms with Crippen molar-refractivity contribution >= 4 is 29.2 Å². The Labute approximate surface area is 336 Å². The smallest absolute Gasteiger partial charge is 0.308 e. The lowest BCUT2D eigenvalue weighted by molar-refractivity contribution is -0.146. The molecule has 11 nitrogen and oxygen atoms in total. The van der Waals surface area contributed by atoms with Gasteiger partial charge in [0.15, 0.2) is 0 Å². The number of hydrogen-bond acceptors (Lipinski definition) is 9. The third-order valence-corrected chi connectivity index (χ3v) is 11.8. The Bertz CT molecular complexity index is 2190. The quantitative estimate of drug-likeness (QED) is 0.128. The zero-order chi connectivity index (χ0) is 39.2. The first-order chi connectivity index (χ1) is 27.1. The van der Waals surface area contributed by atoms with Gasteiger partial charge in [-0.05, 0) is 108 Å². The summed E-state index contributed by atoms with van der Waals surface area (Å²) in [6.07, 6.45) is 14.1. The average molecular weight is 794 g/mol. The van der Waals surface area contributed by atoms with Crippen molar-refractivity contribution in [2.24, 2.45) is 11.8 Å². The second-order valence-corrected chi connectivity index (χ2v) is 16.1. The molecule has 0 radical (unpaired) electrons. The van der Waals surface area contributed by atoms with Gasteiger partial charge in [-0.2, -0.15) is 10.2 Å². The highest BCUT2D eigenvalue weighted by molar-refractivity contribution is 6.31. The van der Waals surface area contributed by atoms with Crippen LogP contribution in [0.5, 0.6) is 0 Å². The molecule has 0 unspecified atom stereocenters. The zero-order valence-electron chi connectivity index (χ0n) is 31.8. The molecule has 4 aromatic heterocycles. The molecule has 0 atom stereocenters. The molecule has 13 heteroatoms. The summed E-state index contributed by atoms with van der Waals surface area (Å²) < 4.78 is 4.91. The van der Waals surface area contributed by atoms with Gasteiger partial charge in [0.05, 0.1) is 30.0 Å².